The van der Waals surface area contributed by atoms with Gasteiger partial charge in [-0.3, -0.25) is 14.7 Å². The molecule has 3 heterocycles. The van der Waals surface area contributed by atoms with Gasteiger partial charge in [0.05, 0.1) is 29.8 Å². The molecule has 170 valence electrons. The van der Waals surface area contributed by atoms with Gasteiger partial charge in [-0.1, -0.05) is 0 Å². The second-order valence-corrected chi connectivity index (χ2v) is 8.43. The first kappa shape index (κ1) is 22.4. The maximum Gasteiger partial charge on any atom is 0.251 e. The Bertz CT molecular complexity index is 987. The predicted molar refractivity (Wildman–Crippen MR) is 121 cm³/mol. The number of hydrogen-bond donors (Lipinski definition) is 3. The molecular weight excluding hydrogens is 408 g/mol. The normalized spacial score (nSPS) is 23.0. The van der Waals surface area contributed by atoms with Gasteiger partial charge in [0.15, 0.2) is 6.10 Å². The molecule has 1 aromatic heterocycles. The van der Waals surface area contributed by atoms with Crippen LogP contribution in [0.25, 0.3) is 10.9 Å². The highest BCUT2D eigenvalue weighted by molar-refractivity contribution is 5.95. The Kier molecular flexibility index (Phi) is 7.17. The molecule has 9 nitrogen and oxygen atoms in total. The smallest absolute Gasteiger partial charge is 0.251 e. The summed E-state index contributed by atoms with van der Waals surface area (Å²) in [7, 11) is 0. The molecule has 1 unspecified atom stereocenters. The number of anilines is 1. The molecule has 2 fully saturated rings. The van der Waals surface area contributed by atoms with Crippen molar-refractivity contribution in [2.75, 3.05) is 57.3 Å². The van der Waals surface area contributed by atoms with Crippen molar-refractivity contribution in [1.29, 1.82) is 5.26 Å². The fourth-order valence-corrected chi connectivity index (χ4v) is 4.41. The number of β-amino-alcohol motifs (C(OH)–C–C–N with tert-alkyl or cyclic N) is 1. The predicted octanol–water partition coefficient (Wildman–Crippen LogP) is 0.0825. The minimum absolute atomic E-state index is 0.146. The molecule has 0 saturated carbocycles. The van der Waals surface area contributed by atoms with Gasteiger partial charge in [-0.15, -0.1) is 0 Å². The molecule has 0 bridgehead atoms. The number of benzene rings is 1. The van der Waals surface area contributed by atoms with E-state index in [-0.39, 0.29) is 18.6 Å². The van der Waals surface area contributed by atoms with E-state index in [4.69, 9.17) is 4.74 Å². The highest BCUT2D eigenvalue weighted by Crippen LogP contribution is 2.30. The van der Waals surface area contributed by atoms with Crippen LogP contribution in [0, 0.1) is 11.3 Å². The van der Waals surface area contributed by atoms with Crippen LogP contribution in [-0.4, -0.2) is 91.6 Å². The Morgan fingerprint density at radius 2 is 2.19 bits per heavy atom. The largest absolute Gasteiger partial charge is 0.390 e. The van der Waals surface area contributed by atoms with Gasteiger partial charge in [0.1, 0.15) is 6.07 Å². The van der Waals surface area contributed by atoms with Crippen LogP contribution >= 0.6 is 0 Å². The molecule has 0 aliphatic carbocycles. The van der Waals surface area contributed by atoms with Gasteiger partial charge >= 0.3 is 0 Å². The molecule has 2 aliphatic heterocycles. The Balaban J connectivity index is 1.41. The number of morpholine rings is 1. The zero-order valence-corrected chi connectivity index (χ0v) is 18.3. The summed E-state index contributed by atoms with van der Waals surface area (Å²) in [6.07, 6.45) is 0.263. The quantitative estimate of drug-likeness (QED) is 0.581. The van der Waals surface area contributed by atoms with Crippen LogP contribution in [0.5, 0.6) is 0 Å². The second kappa shape index (κ2) is 10.2. The summed E-state index contributed by atoms with van der Waals surface area (Å²) in [4.78, 5) is 21.5. The molecular formula is C23H30N6O3. The molecule has 4 rings (SSSR count). The van der Waals surface area contributed by atoms with Crippen molar-refractivity contribution in [3.63, 3.8) is 0 Å². The number of fused-ring (bicyclic) bond motifs is 1. The van der Waals surface area contributed by atoms with E-state index in [9.17, 15) is 15.2 Å². The average molecular weight is 439 g/mol. The molecule has 9 heteroatoms. The first-order valence-corrected chi connectivity index (χ1v) is 11.1. The number of carbonyl (C=O) groups excluding carboxylic acids is 1. The number of nitrogens with zero attached hydrogens (tertiary/aromatic N) is 4. The number of aliphatic hydroxyl groups is 1. The van der Waals surface area contributed by atoms with E-state index in [2.05, 4.69) is 31.5 Å². The average Bonchev–Trinajstić information content (AvgIpc) is 2.82. The number of ether oxygens (including phenoxy) is 1. The van der Waals surface area contributed by atoms with Crippen LogP contribution in [0.15, 0.2) is 30.5 Å². The SMILES string of the molecule is C[C@@H]1CN(c2ccc(C#N)c3ncccc23)C[C@H](C(=O)NCC(O)CN2CCNCC2)O1. The number of amides is 1. The number of pyridine rings is 1. The lowest BCUT2D eigenvalue weighted by Crippen LogP contribution is -2.54. The Hall–Kier alpha value is -2.77. The Morgan fingerprint density at radius 1 is 1.38 bits per heavy atom. The highest BCUT2D eigenvalue weighted by Gasteiger charge is 2.31. The lowest BCUT2D eigenvalue weighted by atomic mass is 10.1. The summed E-state index contributed by atoms with van der Waals surface area (Å²) in [6.45, 7) is 7.33. The molecule has 2 aromatic rings. The summed E-state index contributed by atoms with van der Waals surface area (Å²) < 4.78 is 5.92. The van der Waals surface area contributed by atoms with Gasteiger partial charge in [0.2, 0.25) is 0 Å². The highest BCUT2D eigenvalue weighted by atomic mass is 16.5. The zero-order valence-electron chi connectivity index (χ0n) is 18.3. The van der Waals surface area contributed by atoms with Gasteiger partial charge in [-0.25, -0.2) is 0 Å². The number of aliphatic hydroxyl groups excluding tert-OH is 1. The lowest BCUT2D eigenvalue weighted by Gasteiger charge is -2.38. The summed E-state index contributed by atoms with van der Waals surface area (Å²) in [5, 5.41) is 26.8. The molecule has 2 aliphatic rings. The maximum absolute atomic E-state index is 12.8. The maximum atomic E-state index is 12.8. The number of hydrogen-bond acceptors (Lipinski definition) is 8. The molecule has 32 heavy (non-hydrogen) atoms. The number of aromatic nitrogens is 1. The van der Waals surface area contributed by atoms with Crippen molar-refractivity contribution in [3.05, 3.63) is 36.0 Å². The van der Waals surface area contributed by atoms with Crippen LogP contribution in [0.1, 0.15) is 12.5 Å². The van der Waals surface area contributed by atoms with Crippen LogP contribution in [0.4, 0.5) is 5.69 Å². The lowest BCUT2D eigenvalue weighted by molar-refractivity contribution is -0.137. The van der Waals surface area contributed by atoms with Crippen molar-refractivity contribution in [3.8, 4) is 6.07 Å². The molecule has 2 saturated heterocycles. The fourth-order valence-electron chi connectivity index (χ4n) is 4.41. The van der Waals surface area contributed by atoms with E-state index in [1.807, 2.05) is 25.1 Å². The molecule has 1 amide bonds. The summed E-state index contributed by atoms with van der Waals surface area (Å²) in [5.41, 5.74) is 2.11. The molecule has 3 N–H and O–H groups in total. The first-order chi connectivity index (χ1) is 15.5. The van der Waals surface area contributed by atoms with Gasteiger partial charge in [-0.05, 0) is 31.2 Å². The number of piperazine rings is 1. The van der Waals surface area contributed by atoms with E-state index in [0.29, 0.717) is 30.7 Å². The van der Waals surface area contributed by atoms with E-state index in [0.717, 1.165) is 37.3 Å². The topological polar surface area (TPSA) is 114 Å². The van der Waals surface area contributed by atoms with Crippen LogP contribution in [0.3, 0.4) is 0 Å². The minimum atomic E-state index is -0.646. The van der Waals surface area contributed by atoms with Crippen LogP contribution < -0.4 is 15.5 Å². The van der Waals surface area contributed by atoms with E-state index in [1.165, 1.54) is 0 Å². The third kappa shape index (κ3) is 5.16. The van der Waals surface area contributed by atoms with Gasteiger partial charge < -0.3 is 25.4 Å². The molecule has 3 atom stereocenters. The first-order valence-electron chi connectivity index (χ1n) is 11.1. The number of nitriles is 1. The summed E-state index contributed by atoms with van der Waals surface area (Å²) in [5.74, 6) is -0.225. The number of rotatable bonds is 6. The van der Waals surface area contributed by atoms with Crippen LogP contribution in [0.2, 0.25) is 0 Å². The zero-order chi connectivity index (χ0) is 22.5. The third-order valence-corrected chi connectivity index (χ3v) is 5.95. The molecule has 1 aromatic carbocycles. The van der Waals surface area contributed by atoms with E-state index < -0.39 is 12.2 Å². The van der Waals surface area contributed by atoms with Gasteiger partial charge in [0.25, 0.3) is 5.91 Å². The Morgan fingerprint density at radius 3 is 2.97 bits per heavy atom. The van der Waals surface area contributed by atoms with Crippen LogP contribution in [-0.2, 0) is 9.53 Å². The minimum Gasteiger partial charge on any atom is -0.390 e. The van der Waals surface area contributed by atoms with E-state index in [1.54, 1.807) is 12.3 Å². The van der Waals surface area contributed by atoms with Gasteiger partial charge in [-0.2, -0.15) is 5.26 Å². The standard InChI is InChI=1S/C23H30N6O3/c1-16-13-29(20-5-4-17(11-24)22-19(20)3-2-6-26-22)15-21(32-16)23(31)27-12-18(30)14-28-9-7-25-8-10-28/h2-6,16,18,21,25,30H,7-10,12-15H2,1H3,(H,27,31)/t16-,18?,21-/m1/s1. The fraction of sp³-hybridized carbons (Fsp3) is 0.522. The van der Waals surface area contributed by atoms with Gasteiger partial charge in [0, 0.05) is 63.1 Å². The Labute approximate surface area is 188 Å². The molecule has 0 spiro atoms. The van der Waals surface area contributed by atoms with Crippen molar-refractivity contribution in [2.24, 2.45) is 0 Å². The number of carbonyl (C=O) groups is 1. The molecule has 0 radical (unpaired) electrons. The monoisotopic (exact) mass is 438 g/mol. The second-order valence-electron chi connectivity index (χ2n) is 8.43. The van der Waals surface area contributed by atoms with E-state index >= 15 is 0 Å². The van der Waals surface area contributed by atoms with Crippen molar-refractivity contribution >= 4 is 22.5 Å². The summed E-state index contributed by atoms with van der Waals surface area (Å²) in [6, 6.07) is 9.66. The third-order valence-electron chi connectivity index (χ3n) is 5.95. The van der Waals surface area contributed by atoms with Crippen molar-refractivity contribution < 1.29 is 14.6 Å². The van der Waals surface area contributed by atoms with Crippen molar-refractivity contribution in [1.82, 2.24) is 20.5 Å². The number of nitrogens with one attached hydrogen (secondary N) is 2. The van der Waals surface area contributed by atoms with Crippen molar-refractivity contribution in [2.45, 2.75) is 25.2 Å². The summed E-state index contributed by atoms with van der Waals surface area (Å²) >= 11 is 0.